The van der Waals surface area contributed by atoms with Crippen molar-refractivity contribution < 1.29 is 4.74 Å². The lowest BCUT2D eigenvalue weighted by atomic mass is 9.85. The molecule has 2 atom stereocenters. The molecule has 0 aliphatic carbocycles. The lowest BCUT2D eigenvalue weighted by Gasteiger charge is -2.32. The van der Waals surface area contributed by atoms with Gasteiger partial charge < -0.3 is 4.74 Å². The van der Waals surface area contributed by atoms with Gasteiger partial charge in [-0.25, -0.2) is 0 Å². The molecule has 2 unspecified atom stereocenters. The van der Waals surface area contributed by atoms with Crippen molar-refractivity contribution in [3.8, 4) is 5.75 Å². The first-order chi connectivity index (χ1) is 9.85. The van der Waals surface area contributed by atoms with Crippen LogP contribution in [0.5, 0.6) is 5.75 Å². The third-order valence-corrected chi connectivity index (χ3v) is 3.95. The molecule has 106 valence electrons. The first-order valence-electron chi connectivity index (χ1n) is 7.04. The Morgan fingerprint density at radius 3 is 3.10 bits per heavy atom. The fourth-order valence-corrected chi connectivity index (χ4v) is 2.99. The van der Waals surface area contributed by atoms with E-state index in [-0.39, 0.29) is 6.04 Å². The van der Waals surface area contributed by atoms with Crippen molar-refractivity contribution in [2.45, 2.75) is 31.8 Å². The topological polar surface area (TPSA) is 65.1 Å². The predicted octanol–water partition coefficient (Wildman–Crippen LogP) is 1.97. The zero-order valence-corrected chi connectivity index (χ0v) is 11.6. The molecule has 2 heterocycles. The maximum absolute atomic E-state index is 5.84. The minimum absolute atomic E-state index is 0.0440. The van der Waals surface area contributed by atoms with Crippen molar-refractivity contribution in [2.24, 2.45) is 5.84 Å². The first kappa shape index (κ1) is 13.1. The Balaban J connectivity index is 1.99. The number of rotatable bonds is 4. The fourth-order valence-electron chi connectivity index (χ4n) is 2.99. The maximum atomic E-state index is 5.84. The Bertz CT molecular complexity index is 581. The second-order valence-corrected chi connectivity index (χ2v) is 5.00. The molecule has 0 saturated carbocycles. The van der Waals surface area contributed by atoms with Crippen molar-refractivity contribution >= 4 is 0 Å². The first-order valence-corrected chi connectivity index (χ1v) is 7.04. The molecule has 0 bridgehead atoms. The van der Waals surface area contributed by atoms with E-state index < -0.39 is 0 Å². The lowest BCUT2D eigenvalue weighted by molar-refractivity contribution is 0.243. The number of benzene rings is 1. The Morgan fingerprint density at radius 1 is 1.45 bits per heavy atom. The summed E-state index contributed by atoms with van der Waals surface area (Å²) in [4.78, 5) is 0. The number of para-hydroxylation sites is 1. The minimum atomic E-state index is 0.0440. The highest BCUT2D eigenvalue weighted by atomic mass is 16.5. The molecular formula is C15H20N4O. The van der Waals surface area contributed by atoms with Gasteiger partial charge in [0.1, 0.15) is 5.75 Å². The lowest BCUT2D eigenvalue weighted by Crippen LogP contribution is -2.36. The summed E-state index contributed by atoms with van der Waals surface area (Å²) >= 11 is 0. The molecule has 3 N–H and O–H groups in total. The highest BCUT2D eigenvalue weighted by Gasteiger charge is 2.31. The standard InChI is InChI=1S/C15H20N4O/c1-2-19-13(7-9-17-19)15(18-16)12-8-10-20-14-6-4-3-5-11(12)14/h3-7,9,12,15,18H,2,8,10,16H2,1H3. The van der Waals surface area contributed by atoms with Gasteiger partial charge in [-0.15, -0.1) is 0 Å². The van der Waals surface area contributed by atoms with Crippen LogP contribution < -0.4 is 16.0 Å². The molecule has 0 spiro atoms. The summed E-state index contributed by atoms with van der Waals surface area (Å²) in [5.74, 6) is 7.11. The zero-order valence-electron chi connectivity index (χ0n) is 11.6. The van der Waals surface area contributed by atoms with Gasteiger partial charge in [-0.3, -0.25) is 16.0 Å². The summed E-state index contributed by atoms with van der Waals surface area (Å²) in [6.45, 7) is 3.65. The van der Waals surface area contributed by atoms with E-state index in [1.807, 2.05) is 35.1 Å². The van der Waals surface area contributed by atoms with Crippen LogP contribution in [0.3, 0.4) is 0 Å². The van der Waals surface area contributed by atoms with E-state index in [0.29, 0.717) is 5.92 Å². The molecule has 2 aromatic rings. The average Bonchev–Trinajstić information content (AvgIpc) is 2.97. The van der Waals surface area contributed by atoms with E-state index in [0.717, 1.165) is 31.0 Å². The van der Waals surface area contributed by atoms with E-state index in [4.69, 9.17) is 10.6 Å². The highest BCUT2D eigenvalue weighted by molar-refractivity contribution is 5.39. The molecule has 5 heteroatoms. The van der Waals surface area contributed by atoms with Crippen molar-refractivity contribution in [1.82, 2.24) is 15.2 Å². The summed E-state index contributed by atoms with van der Waals surface area (Å²) < 4.78 is 7.72. The summed E-state index contributed by atoms with van der Waals surface area (Å²) in [5.41, 5.74) is 5.31. The third kappa shape index (κ3) is 2.19. The van der Waals surface area contributed by atoms with E-state index in [1.165, 1.54) is 5.56 Å². The van der Waals surface area contributed by atoms with Crippen LogP contribution in [-0.2, 0) is 6.54 Å². The molecule has 1 aliphatic heterocycles. The fraction of sp³-hybridized carbons (Fsp3) is 0.400. The Labute approximate surface area is 118 Å². The van der Waals surface area contributed by atoms with Crippen molar-refractivity contribution in [2.75, 3.05) is 6.61 Å². The van der Waals surface area contributed by atoms with Gasteiger partial charge in [0.15, 0.2) is 0 Å². The van der Waals surface area contributed by atoms with Crippen LogP contribution in [0.15, 0.2) is 36.5 Å². The quantitative estimate of drug-likeness (QED) is 0.660. The van der Waals surface area contributed by atoms with Gasteiger partial charge in [0, 0.05) is 18.7 Å². The second kappa shape index (κ2) is 5.64. The van der Waals surface area contributed by atoms with E-state index in [2.05, 4.69) is 23.5 Å². The second-order valence-electron chi connectivity index (χ2n) is 5.00. The number of nitrogens with one attached hydrogen (secondary N) is 1. The van der Waals surface area contributed by atoms with Crippen molar-refractivity contribution in [3.05, 3.63) is 47.8 Å². The molecule has 3 rings (SSSR count). The van der Waals surface area contributed by atoms with Crippen LogP contribution in [0.4, 0.5) is 0 Å². The molecule has 0 fully saturated rings. The van der Waals surface area contributed by atoms with Crippen molar-refractivity contribution in [3.63, 3.8) is 0 Å². The van der Waals surface area contributed by atoms with E-state index in [9.17, 15) is 0 Å². The maximum Gasteiger partial charge on any atom is 0.122 e. The summed E-state index contributed by atoms with van der Waals surface area (Å²) in [6, 6.07) is 10.3. The van der Waals surface area contributed by atoms with Crippen LogP contribution in [0.1, 0.15) is 36.6 Å². The molecule has 1 aromatic carbocycles. The van der Waals surface area contributed by atoms with E-state index in [1.54, 1.807) is 0 Å². The van der Waals surface area contributed by atoms with Gasteiger partial charge in [0.05, 0.1) is 18.3 Å². The van der Waals surface area contributed by atoms with Crippen LogP contribution in [0, 0.1) is 0 Å². The SMILES string of the molecule is CCn1nccc1C(NN)C1CCOc2ccccc21. The number of aryl methyl sites for hydroxylation is 1. The number of ether oxygens (including phenoxy) is 1. The monoisotopic (exact) mass is 272 g/mol. The van der Waals surface area contributed by atoms with Gasteiger partial charge in [-0.05, 0) is 31.0 Å². The molecular weight excluding hydrogens is 252 g/mol. The Kier molecular flexibility index (Phi) is 3.71. The Hall–Kier alpha value is -1.85. The number of nitrogens with zero attached hydrogens (tertiary/aromatic N) is 2. The predicted molar refractivity (Wildman–Crippen MR) is 77.3 cm³/mol. The van der Waals surface area contributed by atoms with Crippen molar-refractivity contribution in [1.29, 1.82) is 0 Å². The van der Waals surface area contributed by atoms with Gasteiger partial charge >= 0.3 is 0 Å². The smallest absolute Gasteiger partial charge is 0.122 e. The molecule has 1 aliphatic rings. The number of aromatic nitrogens is 2. The summed E-state index contributed by atoms with van der Waals surface area (Å²) in [7, 11) is 0. The third-order valence-electron chi connectivity index (χ3n) is 3.95. The number of nitrogens with two attached hydrogens (primary N) is 1. The van der Waals surface area contributed by atoms with Gasteiger partial charge in [-0.2, -0.15) is 5.10 Å². The van der Waals surface area contributed by atoms with Gasteiger partial charge in [0.2, 0.25) is 0 Å². The van der Waals surface area contributed by atoms with Crippen LogP contribution in [-0.4, -0.2) is 16.4 Å². The normalized spacial score (nSPS) is 19.2. The molecule has 0 radical (unpaired) electrons. The zero-order chi connectivity index (χ0) is 13.9. The van der Waals surface area contributed by atoms with Crippen LogP contribution >= 0.6 is 0 Å². The highest BCUT2D eigenvalue weighted by Crippen LogP contribution is 2.40. The number of hydrogen-bond donors (Lipinski definition) is 2. The molecule has 5 nitrogen and oxygen atoms in total. The number of hydrazine groups is 1. The molecule has 20 heavy (non-hydrogen) atoms. The van der Waals surface area contributed by atoms with Gasteiger partial charge in [-0.1, -0.05) is 18.2 Å². The van der Waals surface area contributed by atoms with Crippen LogP contribution in [0.25, 0.3) is 0 Å². The van der Waals surface area contributed by atoms with Crippen LogP contribution in [0.2, 0.25) is 0 Å². The van der Waals surface area contributed by atoms with E-state index >= 15 is 0 Å². The number of fused-ring (bicyclic) bond motifs is 1. The largest absolute Gasteiger partial charge is 0.493 e. The number of hydrogen-bond acceptors (Lipinski definition) is 4. The molecule has 1 aromatic heterocycles. The van der Waals surface area contributed by atoms with Gasteiger partial charge in [0.25, 0.3) is 0 Å². The Morgan fingerprint density at radius 2 is 2.30 bits per heavy atom. The summed E-state index contributed by atoms with van der Waals surface area (Å²) in [6.07, 6.45) is 2.77. The molecule has 0 saturated heterocycles. The minimum Gasteiger partial charge on any atom is -0.493 e. The average molecular weight is 272 g/mol. The molecule has 0 amide bonds. The summed E-state index contributed by atoms with van der Waals surface area (Å²) in [5, 5.41) is 4.34.